The van der Waals surface area contributed by atoms with Crippen LogP contribution in [0.4, 0.5) is 0 Å². The first-order valence-corrected chi connectivity index (χ1v) is 6.64. The van der Waals surface area contributed by atoms with E-state index in [2.05, 4.69) is 0 Å². The summed E-state index contributed by atoms with van der Waals surface area (Å²) in [7, 11) is 0. The van der Waals surface area contributed by atoms with Crippen molar-refractivity contribution in [2.24, 2.45) is 0 Å². The van der Waals surface area contributed by atoms with Gasteiger partial charge in [-0.25, -0.2) is 9.59 Å². The molecule has 0 atom stereocenters. The first-order valence-electron chi connectivity index (χ1n) is 6.64. The van der Waals surface area contributed by atoms with Gasteiger partial charge in [0, 0.05) is 23.8 Å². The fourth-order valence-corrected chi connectivity index (χ4v) is 1.67. The molecule has 0 aromatic heterocycles. The maximum atomic E-state index is 11.6. The molecule has 0 unspecified atom stereocenters. The first-order chi connectivity index (χ1) is 10.9. The van der Waals surface area contributed by atoms with E-state index in [9.17, 15) is 14.7 Å². The number of aliphatic carboxylic acids is 1. The third kappa shape index (κ3) is 4.89. The number of phenolic OH excluding ortho intramolecular Hbond substituents is 1. The van der Waals surface area contributed by atoms with Gasteiger partial charge in [0.05, 0.1) is 0 Å². The van der Waals surface area contributed by atoms with Crippen LogP contribution in [-0.2, 0) is 9.59 Å². The van der Waals surface area contributed by atoms with Crippen molar-refractivity contribution in [3.05, 3.63) is 60.2 Å². The molecule has 2 rings (SSSR count). The molecule has 0 saturated heterocycles. The van der Waals surface area contributed by atoms with Crippen LogP contribution in [-0.4, -0.2) is 22.2 Å². The molecular formula is C17H14O6. The zero-order valence-electron chi connectivity index (χ0n) is 12.2. The van der Waals surface area contributed by atoms with Crippen LogP contribution in [0.1, 0.15) is 6.92 Å². The molecule has 0 aliphatic heterocycles. The molecule has 0 fully saturated rings. The van der Waals surface area contributed by atoms with E-state index in [1.54, 1.807) is 24.3 Å². The Morgan fingerprint density at radius 3 is 2.26 bits per heavy atom. The third-order valence-corrected chi connectivity index (χ3v) is 2.75. The molecule has 23 heavy (non-hydrogen) atoms. The number of carboxylic acid groups (broad SMARTS) is 1. The Labute approximate surface area is 132 Å². The van der Waals surface area contributed by atoms with Gasteiger partial charge in [0.2, 0.25) is 0 Å². The van der Waals surface area contributed by atoms with Gasteiger partial charge in [0.25, 0.3) is 0 Å². The number of benzene rings is 2. The van der Waals surface area contributed by atoms with Crippen molar-refractivity contribution in [2.75, 3.05) is 0 Å². The van der Waals surface area contributed by atoms with Crippen LogP contribution in [0.25, 0.3) is 0 Å². The lowest BCUT2D eigenvalue weighted by Gasteiger charge is -2.08. The topological polar surface area (TPSA) is 93.1 Å². The average molecular weight is 314 g/mol. The zero-order valence-corrected chi connectivity index (χ0v) is 12.2. The number of rotatable bonds is 5. The highest BCUT2D eigenvalue weighted by Gasteiger charge is 2.07. The number of hydrogen-bond acceptors (Lipinski definition) is 5. The van der Waals surface area contributed by atoms with E-state index in [1.165, 1.54) is 31.2 Å². The van der Waals surface area contributed by atoms with E-state index in [1.807, 2.05) is 0 Å². The molecule has 0 amide bonds. The first kappa shape index (κ1) is 16.1. The van der Waals surface area contributed by atoms with Gasteiger partial charge >= 0.3 is 11.9 Å². The van der Waals surface area contributed by atoms with Gasteiger partial charge in [-0.3, -0.25) is 0 Å². The lowest BCUT2D eigenvalue weighted by Crippen LogP contribution is -2.07. The molecular weight excluding hydrogens is 300 g/mol. The number of aromatic hydroxyl groups is 1. The van der Waals surface area contributed by atoms with Gasteiger partial charge in [-0.2, -0.15) is 0 Å². The Bertz CT molecular complexity index is 763. The van der Waals surface area contributed by atoms with Crippen LogP contribution in [0.5, 0.6) is 23.0 Å². The Hall–Kier alpha value is -3.28. The number of carbonyl (C=O) groups excluding carboxylic acids is 1. The predicted octanol–water partition coefficient (Wildman–Crippen LogP) is 3.12. The van der Waals surface area contributed by atoms with E-state index >= 15 is 0 Å². The standard InChI is InChI=1S/C17H14O6/c1-11(17(20)21)8-16(19)23-15-7-3-6-14(10-15)22-13-5-2-4-12(18)9-13/h2-10,18H,1H3,(H,20,21)/b11-8-. The molecule has 0 saturated carbocycles. The lowest BCUT2D eigenvalue weighted by molar-refractivity contribution is -0.134. The highest BCUT2D eigenvalue weighted by atomic mass is 16.5. The second-order valence-corrected chi connectivity index (χ2v) is 4.63. The van der Waals surface area contributed by atoms with Crippen LogP contribution < -0.4 is 9.47 Å². The highest BCUT2D eigenvalue weighted by Crippen LogP contribution is 2.27. The maximum absolute atomic E-state index is 11.6. The number of carbonyl (C=O) groups is 2. The summed E-state index contributed by atoms with van der Waals surface area (Å²) in [5, 5.41) is 18.1. The predicted molar refractivity (Wildman–Crippen MR) is 81.7 cm³/mol. The van der Waals surface area contributed by atoms with Crippen molar-refractivity contribution >= 4 is 11.9 Å². The minimum Gasteiger partial charge on any atom is -0.508 e. The summed E-state index contributed by atoms with van der Waals surface area (Å²) in [5.41, 5.74) is -0.123. The second-order valence-electron chi connectivity index (χ2n) is 4.63. The molecule has 6 nitrogen and oxygen atoms in total. The summed E-state index contributed by atoms with van der Waals surface area (Å²) in [6, 6.07) is 12.5. The van der Waals surface area contributed by atoms with Crippen molar-refractivity contribution in [3.8, 4) is 23.0 Å². The summed E-state index contributed by atoms with van der Waals surface area (Å²) in [4.78, 5) is 22.3. The van der Waals surface area contributed by atoms with Crippen LogP contribution in [0.2, 0.25) is 0 Å². The summed E-state index contributed by atoms with van der Waals surface area (Å²) in [6.45, 7) is 1.30. The molecule has 6 heteroatoms. The Balaban J connectivity index is 2.09. The normalized spacial score (nSPS) is 10.9. The minimum atomic E-state index is -1.19. The van der Waals surface area contributed by atoms with E-state index < -0.39 is 11.9 Å². The zero-order chi connectivity index (χ0) is 16.8. The van der Waals surface area contributed by atoms with E-state index in [-0.39, 0.29) is 17.1 Å². The smallest absolute Gasteiger partial charge is 0.336 e. The average Bonchev–Trinajstić information content (AvgIpc) is 2.47. The van der Waals surface area contributed by atoms with Gasteiger partial charge < -0.3 is 19.7 Å². The maximum Gasteiger partial charge on any atom is 0.336 e. The van der Waals surface area contributed by atoms with Crippen LogP contribution in [0, 0.1) is 0 Å². The summed E-state index contributed by atoms with van der Waals surface area (Å²) >= 11 is 0. The molecule has 2 aromatic carbocycles. The summed E-state index contributed by atoms with van der Waals surface area (Å²) < 4.78 is 10.6. The Kier molecular flexibility index (Phi) is 4.99. The highest BCUT2D eigenvalue weighted by molar-refractivity contribution is 5.95. The Morgan fingerprint density at radius 1 is 1.00 bits per heavy atom. The largest absolute Gasteiger partial charge is 0.508 e. The lowest BCUT2D eigenvalue weighted by atomic mass is 10.3. The quantitative estimate of drug-likeness (QED) is 0.500. The minimum absolute atomic E-state index is 0.0689. The molecule has 0 heterocycles. The van der Waals surface area contributed by atoms with Gasteiger partial charge in [-0.1, -0.05) is 12.1 Å². The molecule has 2 aromatic rings. The second kappa shape index (κ2) is 7.13. The SMILES string of the molecule is C/C(=C/C(=O)Oc1cccc(Oc2cccc(O)c2)c1)C(=O)O. The van der Waals surface area contributed by atoms with E-state index in [0.717, 1.165) is 6.08 Å². The van der Waals surface area contributed by atoms with Crippen molar-refractivity contribution in [2.45, 2.75) is 6.92 Å². The molecule has 0 aliphatic carbocycles. The number of phenols is 1. The van der Waals surface area contributed by atoms with Crippen LogP contribution in [0.3, 0.4) is 0 Å². The summed E-state index contributed by atoms with van der Waals surface area (Å²) in [5.74, 6) is -0.876. The Morgan fingerprint density at radius 2 is 1.61 bits per heavy atom. The molecule has 118 valence electrons. The number of esters is 1. The number of carboxylic acids is 1. The van der Waals surface area contributed by atoms with Crippen LogP contribution >= 0.6 is 0 Å². The molecule has 0 spiro atoms. The van der Waals surface area contributed by atoms with Crippen LogP contribution in [0.15, 0.2) is 60.2 Å². The van der Waals surface area contributed by atoms with Crippen molar-refractivity contribution in [1.29, 1.82) is 0 Å². The molecule has 0 radical (unpaired) electrons. The molecule has 0 bridgehead atoms. The van der Waals surface area contributed by atoms with Gasteiger partial charge in [-0.05, 0) is 31.2 Å². The third-order valence-electron chi connectivity index (χ3n) is 2.75. The monoisotopic (exact) mass is 314 g/mol. The van der Waals surface area contributed by atoms with E-state index in [4.69, 9.17) is 14.6 Å². The van der Waals surface area contributed by atoms with Gasteiger partial charge in [-0.15, -0.1) is 0 Å². The molecule has 0 aliphatic rings. The fourth-order valence-electron chi connectivity index (χ4n) is 1.67. The summed E-state index contributed by atoms with van der Waals surface area (Å²) in [6.07, 6.45) is 0.894. The van der Waals surface area contributed by atoms with Gasteiger partial charge in [0.1, 0.15) is 23.0 Å². The molecule has 2 N–H and O–H groups in total. The van der Waals surface area contributed by atoms with Crippen molar-refractivity contribution in [3.63, 3.8) is 0 Å². The van der Waals surface area contributed by atoms with Crippen molar-refractivity contribution < 1.29 is 29.3 Å². The fraction of sp³-hybridized carbons (Fsp3) is 0.0588. The number of hydrogen-bond donors (Lipinski definition) is 2. The van der Waals surface area contributed by atoms with Crippen molar-refractivity contribution in [1.82, 2.24) is 0 Å². The van der Waals surface area contributed by atoms with E-state index in [0.29, 0.717) is 11.5 Å². The number of ether oxygens (including phenoxy) is 2. The van der Waals surface area contributed by atoms with Gasteiger partial charge in [0.15, 0.2) is 0 Å².